The van der Waals surface area contributed by atoms with E-state index in [1.165, 1.54) is 13.0 Å². The van der Waals surface area contributed by atoms with Gasteiger partial charge in [-0.15, -0.1) is 0 Å². The molecule has 1 unspecified atom stereocenters. The van der Waals surface area contributed by atoms with Crippen LogP contribution in [0.5, 0.6) is 0 Å². The van der Waals surface area contributed by atoms with Crippen molar-refractivity contribution in [2.75, 3.05) is 4.90 Å². The minimum Gasteiger partial charge on any atom is -0.365 e. The smallest absolute Gasteiger partial charge is 0.365 e. The molecule has 0 fully saturated rings. The van der Waals surface area contributed by atoms with Crippen LogP contribution in [0.1, 0.15) is 6.92 Å². The number of carbonyl (C=O) groups is 1. The molecule has 0 saturated heterocycles. The number of anilines is 1. The second kappa shape index (κ2) is 5.48. The maximum absolute atomic E-state index is 13.3. The standard InChI is InChI=1S/C11H9F3N4O3S/c1-5-17(10-6(18(20)21)3-2-4-16-10)8(11(12,13)14)7(22-5)9(15)19/h2-5H,1H3,(H2,15,19). The predicted octanol–water partition coefficient (Wildman–Crippen LogP) is 2.15. The Morgan fingerprint density at radius 3 is 2.68 bits per heavy atom. The van der Waals surface area contributed by atoms with Crippen molar-refractivity contribution < 1.29 is 22.9 Å². The van der Waals surface area contributed by atoms with Crippen LogP contribution >= 0.6 is 11.8 Å². The molecular formula is C11H9F3N4O3S. The normalized spacial score (nSPS) is 18.7. The lowest BCUT2D eigenvalue weighted by Crippen LogP contribution is -2.35. The number of amides is 1. The molecule has 0 spiro atoms. The maximum Gasteiger partial charge on any atom is 0.432 e. The number of primary amides is 1. The van der Waals surface area contributed by atoms with E-state index >= 15 is 0 Å². The largest absolute Gasteiger partial charge is 0.432 e. The van der Waals surface area contributed by atoms with Gasteiger partial charge < -0.3 is 10.6 Å². The highest BCUT2D eigenvalue weighted by Gasteiger charge is 2.50. The summed E-state index contributed by atoms with van der Waals surface area (Å²) in [5, 5.41) is 10.1. The average molecular weight is 334 g/mol. The Morgan fingerprint density at radius 2 is 2.18 bits per heavy atom. The summed E-state index contributed by atoms with van der Waals surface area (Å²) in [7, 11) is 0. The van der Waals surface area contributed by atoms with Crippen molar-refractivity contribution in [3.8, 4) is 0 Å². The van der Waals surface area contributed by atoms with Gasteiger partial charge in [0.2, 0.25) is 5.82 Å². The molecule has 1 aliphatic heterocycles. The van der Waals surface area contributed by atoms with Crippen LogP contribution in [0, 0.1) is 10.1 Å². The Bertz CT molecular complexity index is 677. The summed E-state index contributed by atoms with van der Waals surface area (Å²) in [4.78, 5) is 25.0. The van der Waals surface area contributed by atoms with E-state index in [0.29, 0.717) is 16.7 Å². The fraction of sp³-hybridized carbons (Fsp3) is 0.273. The molecule has 1 atom stereocenters. The molecule has 1 aromatic heterocycles. The van der Waals surface area contributed by atoms with E-state index in [4.69, 9.17) is 5.73 Å². The molecular weight excluding hydrogens is 325 g/mol. The van der Waals surface area contributed by atoms with E-state index < -0.39 is 44.5 Å². The number of carbonyl (C=O) groups excluding carboxylic acids is 1. The molecule has 2 heterocycles. The lowest BCUT2D eigenvalue weighted by Gasteiger charge is -2.26. The zero-order valence-electron chi connectivity index (χ0n) is 11.0. The number of hydrogen-bond donors (Lipinski definition) is 1. The van der Waals surface area contributed by atoms with Crippen molar-refractivity contribution in [3.63, 3.8) is 0 Å². The van der Waals surface area contributed by atoms with Gasteiger partial charge in [-0.1, -0.05) is 11.8 Å². The van der Waals surface area contributed by atoms with Gasteiger partial charge in [0, 0.05) is 12.3 Å². The van der Waals surface area contributed by atoms with Gasteiger partial charge in [0.1, 0.15) is 10.6 Å². The Morgan fingerprint density at radius 1 is 1.55 bits per heavy atom. The van der Waals surface area contributed by atoms with Gasteiger partial charge in [-0.2, -0.15) is 13.2 Å². The van der Waals surface area contributed by atoms with Crippen molar-refractivity contribution in [1.82, 2.24) is 4.98 Å². The third kappa shape index (κ3) is 2.71. The summed E-state index contributed by atoms with van der Waals surface area (Å²) in [6.45, 7) is 1.37. The zero-order chi connectivity index (χ0) is 16.7. The first-order chi connectivity index (χ1) is 10.1. The molecule has 11 heteroatoms. The monoisotopic (exact) mass is 334 g/mol. The van der Waals surface area contributed by atoms with Gasteiger partial charge >= 0.3 is 11.9 Å². The second-order valence-corrected chi connectivity index (χ2v) is 5.56. The van der Waals surface area contributed by atoms with E-state index in [1.54, 1.807) is 0 Å². The molecule has 1 amide bonds. The molecule has 2 rings (SSSR count). The average Bonchev–Trinajstić information content (AvgIpc) is 2.76. The number of halogens is 3. The number of nitrogens with two attached hydrogens (primary N) is 1. The van der Waals surface area contributed by atoms with Crippen LogP contribution in [0.15, 0.2) is 28.9 Å². The highest BCUT2D eigenvalue weighted by molar-refractivity contribution is 8.05. The van der Waals surface area contributed by atoms with E-state index in [9.17, 15) is 28.1 Å². The molecule has 0 radical (unpaired) electrons. The molecule has 0 bridgehead atoms. The minimum atomic E-state index is -4.91. The molecule has 1 aromatic rings. The van der Waals surface area contributed by atoms with Crippen LogP contribution in [-0.4, -0.2) is 27.4 Å². The number of nitro groups is 1. The third-order valence-electron chi connectivity index (χ3n) is 2.79. The van der Waals surface area contributed by atoms with Crippen LogP contribution < -0.4 is 10.6 Å². The molecule has 0 aliphatic carbocycles. The molecule has 7 nitrogen and oxygen atoms in total. The maximum atomic E-state index is 13.3. The van der Waals surface area contributed by atoms with E-state index in [0.717, 1.165) is 12.3 Å². The first-order valence-corrected chi connectivity index (χ1v) is 6.69. The van der Waals surface area contributed by atoms with Gasteiger partial charge in [0.15, 0.2) is 0 Å². The second-order valence-electron chi connectivity index (χ2n) is 4.23. The summed E-state index contributed by atoms with van der Waals surface area (Å²) in [5.74, 6) is -1.73. The first kappa shape index (κ1) is 16.1. The molecule has 22 heavy (non-hydrogen) atoms. The van der Waals surface area contributed by atoms with Gasteiger partial charge in [0.05, 0.1) is 10.3 Å². The molecule has 2 N–H and O–H groups in total. The summed E-state index contributed by atoms with van der Waals surface area (Å²) >= 11 is 0.580. The summed E-state index contributed by atoms with van der Waals surface area (Å²) < 4.78 is 39.9. The highest BCUT2D eigenvalue weighted by atomic mass is 32.2. The summed E-state index contributed by atoms with van der Waals surface area (Å²) in [6, 6.07) is 2.28. The number of pyridine rings is 1. The Labute approximate surface area is 126 Å². The number of alkyl halides is 3. The van der Waals surface area contributed by atoms with Gasteiger partial charge in [-0.05, 0) is 13.0 Å². The Balaban J connectivity index is 2.68. The van der Waals surface area contributed by atoms with Gasteiger partial charge in [-0.25, -0.2) is 4.98 Å². The number of nitrogens with zero attached hydrogens (tertiary/aromatic N) is 3. The van der Waals surface area contributed by atoms with Crippen molar-refractivity contribution in [3.05, 3.63) is 39.0 Å². The number of thioether (sulfide) groups is 1. The van der Waals surface area contributed by atoms with Crippen LogP contribution in [0.25, 0.3) is 0 Å². The number of allylic oxidation sites excluding steroid dienone is 1. The Kier molecular flexibility index (Phi) is 4.00. The quantitative estimate of drug-likeness (QED) is 0.671. The highest BCUT2D eigenvalue weighted by Crippen LogP contribution is 2.48. The number of aromatic nitrogens is 1. The molecule has 1 aliphatic rings. The SMILES string of the molecule is CC1SC(C(N)=O)=C(C(F)(F)F)N1c1ncccc1[N+](=O)[O-]. The first-order valence-electron chi connectivity index (χ1n) is 5.81. The summed E-state index contributed by atoms with van der Waals surface area (Å²) in [5.41, 5.74) is 3.06. The Hall–Kier alpha value is -2.30. The van der Waals surface area contributed by atoms with Crippen LogP contribution in [-0.2, 0) is 4.79 Å². The topological polar surface area (TPSA) is 102 Å². The third-order valence-corrected chi connectivity index (χ3v) is 3.97. The zero-order valence-corrected chi connectivity index (χ0v) is 11.8. The fourth-order valence-electron chi connectivity index (χ4n) is 2.01. The van der Waals surface area contributed by atoms with Crippen molar-refractivity contribution in [1.29, 1.82) is 0 Å². The number of hydrogen-bond acceptors (Lipinski definition) is 6. The minimum absolute atomic E-state index is 0.490. The summed E-state index contributed by atoms with van der Waals surface area (Å²) in [6.07, 6.45) is -3.77. The van der Waals surface area contributed by atoms with Crippen molar-refractivity contribution >= 4 is 29.2 Å². The molecule has 118 valence electrons. The van der Waals surface area contributed by atoms with E-state index in [-0.39, 0.29) is 0 Å². The van der Waals surface area contributed by atoms with Crippen LogP contribution in [0.4, 0.5) is 24.7 Å². The van der Waals surface area contributed by atoms with E-state index in [2.05, 4.69) is 4.98 Å². The van der Waals surface area contributed by atoms with Gasteiger partial charge in [0.25, 0.3) is 5.91 Å². The lowest BCUT2D eigenvalue weighted by molar-refractivity contribution is -0.384. The molecule has 0 saturated carbocycles. The van der Waals surface area contributed by atoms with Crippen molar-refractivity contribution in [2.24, 2.45) is 5.73 Å². The lowest BCUT2D eigenvalue weighted by atomic mass is 10.2. The molecule has 0 aromatic carbocycles. The fourth-order valence-corrected chi connectivity index (χ4v) is 3.10. The van der Waals surface area contributed by atoms with Crippen LogP contribution in [0.2, 0.25) is 0 Å². The number of rotatable bonds is 3. The van der Waals surface area contributed by atoms with Gasteiger partial charge in [-0.3, -0.25) is 14.9 Å². The predicted molar refractivity (Wildman–Crippen MR) is 72.7 cm³/mol. The van der Waals surface area contributed by atoms with Crippen molar-refractivity contribution in [2.45, 2.75) is 18.5 Å². The van der Waals surface area contributed by atoms with E-state index in [1.807, 2.05) is 0 Å². The van der Waals surface area contributed by atoms with Crippen LogP contribution in [0.3, 0.4) is 0 Å².